The zero-order chi connectivity index (χ0) is 42.4. The molecule has 6 rings (SSSR count). The first-order valence-electron chi connectivity index (χ1n) is 18.6. The minimum Gasteiger partial charge on any atom is -0.339 e. The molecule has 2 aliphatic rings. The molecule has 10 nitrogen and oxygen atoms in total. The van der Waals surface area contributed by atoms with E-state index < -0.39 is 0 Å². The summed E-state index contributed by atoms with van der Waals surface area (Å²) in [5, 5.41) is 0.972. The van der Waals surface area contributed by atoms with E-state index in [9.17, 15) is 28.8 Å². The molecule has 4 aromatic rings. The SMILES string of the molecule is CC(=O)N1CCN(C(=O)C=Cc2ccc(Sc3ccc(C=CC(=O)N4CCN(C(C)=O)CC4)c(-c4cccc(Cl)c4C=O)c3Cl)c(Cl)c2-c2cccc(Cl)c2C=O)CC1. The van der Waals surface area contributed by atoms with E-state index in [4.69, 9.17) is 46.4 Å². The van der Waals surface area contributed by atoms with Crippen molar-refractivity contribution in [2.75, 3.05) is 52.4 Å². The summed E-state index contributed by atoms with van der Waals surface area (Å²) < 4.78 is 0. The van der Waals surface area contributed by atoms with E-state index in [2.05, 4.69) is 0 Å². The van der Waals surface area contributed by atoms with Gasteiger partial charge in [0.25, 0.3) is 0 Å². The van der Waals surface area contributed by atoms with Crippen molar-refractivity contribution in [3.63, 3.8) is 0 Å². The normalized spacial score (nSPS) is 14.6. The zero-order valence-electron chi connectivity index (χ0n) is 32.1. The smallest absolute Gasteiger partial charge is 0.246 e. The molecule has 0 radical (unpaired) electrons. The molecule has 0 N–H and O–H groups in total. The molecule has 2 saturated heterocycles. The summed E-state index contributed by atoms with van der Waals surface area (Å²) in [6, 6.07) is 17.2. The molecular formula is C44H38Cl4N4O6S. The number of hydrogen-bond donors (Lipinski definition) is 0. The van der Waals surface area contributed by atoms with Crippen molar-refractivity contribution in [3.8, 4) is 22.3 Å². The average Bonchev–Trinajstić information content (AvgIpc) is 3.23. The maximum Gasteiger partial charge on any atom is 0.246 e. The van der Waals surface area contributed by atoms with Crippen LogP contribution in [0.2, 0.25) is 20.1 Å². The van der Waals surface area contributed by atoms with Gasteiger partial charge in [-0.1, -0.05) is 94.6 Å². The highest BCUT2D eigenvalue weighted by molar-refractivity contribution is 7.99. The molecule has 2 fully saturated rings. The van der Waals surface area contributed by atoms with Crippen molar-refractivity contribution >= 4 is 107 Å². The van der Waals surface area contributed by atoms with Crippen LogP contribution in [0.4, 0.5) is 0 Å². The molecule has 59 heavy (non-hydrogen) atoms. The van der Waals surface area contributed by atoms with Crippen molar-refractivity contribution in [2.45, 2.75) is 23.6 Å². The molecule has 4 aromatic carbocycles. The number of aldehydes is 2. The van der Waals surface area contributed by atoms with Crippen LogP contribution in [0.1, 0.15) is 45.7 Å². The lowest BCUT2D eigenvalue weighted by atomic mass is 9.95. The molecule has 15 heteroatoms. The van der Waals surface area contributed by atoms with Gasteiger partial charge >= 0.3 is 0 Å². The van der Waals surface area contributed by atoms with Crippen LogP contribution in [0.5, 0.6) is 0 Å². The number of halogens is 4. The molecule has 0 bridgehead atoms. The summed E-state index contributed by atoms with van der Waals surface area (Å²) in [6.45, 7) is 6.36. The summed E-state index contributed by atoms with van der Waals surface area (Å²) in [5.74, 6) is -0.557. The number of hydrogen-bond acceptors (Lipinski definition) is 7. The van der Waals surface area contributed by atoms with E-state index in [1.807, 2.05) is 0 Å². The highest BCUT2D eigenvalue weighted by Gasteiger charge is 2.25. The Morgan fingerprint density at radius 2 is 0.881 bits per heavy atom. The third-order valence-corrected chi connectivity index (χ3v) is 13.1. The maximum atomic E-state index is 13.3. The molecule has 304 valence electrons. The zero-order valence-corrected chi connectivity index (χ0v) is 35.9. The van der Waals surface area contributed by atoms with Gasteiger partial charge in [-0.3, -0.25) is 28.8 Å². The molecule has 0 aromatic heterocycles. The average molecular weight is 893 g/mol. The van der Waals surface area contributed by atoms with E-state index in [0.29, 0.717) is 108 Å². The van der Waals surface area contributed by atoms with Gasteiger partial charge < -0.3 is 19.6 Å². The van der Waals surface area contributed by atoms with E-state index in [1.165, 1.54) is 37.8 Å². The monoisotopic (exact) mass is 890 g/mol. The molecule has 0 spiro atoms. The number of carbonyl (C=O) groups excluding carboxylic acids is 6. The predicted molar refractivity (Wildman–Crippen MR) is 234 cm³/mol. The first-order valence-corrected chi connectivity index (χ1v) is 20.9. The summed E-state index contributed by atoms with van der Waals surface area (Å²) in [4.78, 5) is 82.7. The number of rotatable bonds is 10. The molecule has 4 amide bonds. The van der Waals surface area contributed by atoms with Crippen molar-refractivity contribution in [3.05, 3.63) is 115 Å². The largest absolute Gasteiger partial charge is 0.339 e. The Balaban J connectivity index is 1.39. The fraction of sp³-hybridized carbons (Fsp3) is 0.227. The van der Waals surface area contributed by atoms with E-state index in [-0.39, 0.29) is 54.8 Å². The third kappa shape index (κ3) is 9.77. The predicted octanol–water partition coefficient (Wildman–Crippen LogP) is 8.82. The highest BCUT2D eigenvalue weighted by Crippen LogP contribution is 2.47. The highest BCUT2D eigenvalue weighted by atomic mass is 35.5. The van der Waals surface area contributed by atoms with Crippen LogP contribution >= 0.6 is 58.2 Å². The Morgan fingerprint density at radius 1 is 0.525 bits per heavy atom. The van der Waals surface area contributed by atoms with Gasteiger partial charge in [0.1, 0.15) is 0 Å². The Hall–Kier alpha value is -4.91. The topological polar surface area (TPSA) is 115 Å². The lowest BCUT2D eigenvalue weighted by Gasteiger charge is -2.33. The lowest BCUT2D eigenvalue weighted by Crippen LogP contribution is -2.49. The molecule has 0 aliphatic carbocycles. The Bertz CT molecular complexity index is 2240. The van der Waals surface area contributed by atoms with Crippen molar-refractivity contribution in [1.82, 2.24) is 19.6 Å². The van der Waals surface area contributed by atoms with Crippen LogP contribution < -0.4 is 0 Å². The first kappa shape index (κ1) is 43.7. The van der Waals surface area contributed by atoms with Gasteiger partial charge in [0, 0.05) is 110 Å². The van der Waals surface area contributed by atoms with E-state index in [1.54, 1.807) is 92.4 Å². The summed E-state index contributed by atoms with van der Waals surface area (Å²) in [7, 11) is 0. The molecule has 2 aliphatic heterocycles. The van der Waals surface area contributed by atoms with E-state index in [0.717, 1.165) is 0 Å². The van der Waals surface area contributed by atoms with Gasteiger partial charge in [0.15, 0.2) is 12.6 Å². The Labute approximate surface area is 366 Å². The Kier molecular flexibility index (Phi) is 14.4. The number of benzene rings is 4. The fourth-order valence-electron chi connectivity index (χ4n) is 7.01. The molecule has 0 saturated carbocycles. The standard InChI is InChI=1S/C44H38Cl4N4O6S/c1-27(55)49-17-21-51(22-18-49)39(57)15-11-29-9-13-37(43(47)41(29)31-5-3-7-35(45)33(31)25-53)59-38-14-10-30(12-16-40(58)52-23-19-50(20-24-52)28(2)56)42(44(38)48)32-6-4-8-36(46)34(32)26-54/h3-16,25-26H,17-24H2,1-2H3. The number of piperazine rings is 2. The van der Waals surface area contributed by atoms with Gasteiger partial charge in [0.05, 0.1) is 20.1 Å². The number of carbonyl (C=O) groups is 6. The van der Waals surface area contributed by atoms with Gasteiger partial charge in [0.2, 0.25) is 23.6 Å². The number of amides is 4. The molecule has 0 atom stereocenters. The second-order valence-corrected chi connectivity index (χ2v) is 16.4. The molecular weight excluding hydrogens is 854 g/mol. The van der Waals surface area contributed by atoms with E-state index >= 15 is 0 Å². The summed E-state index contributed by atoms with van der Waals surface area (Å²) >= 11 is 28.7. The minimum atomic E-state index is -0.239. The summed E-state index contributed by atoms with van der Waals surface area (Å²) in [6.07, 6.45) is 7.48. The lowest BCUT2D eigenvalue weighted by molar-refractivity contribution is -0.135. The van der Waals surface area contributed by atoms with Gasteiger partial charge in [-0.05, 0) is 58.7 Å². The van der Waals surface area contributed by atoms with Gasteiger partial charge in [-0.25, -0.2) is 0 Å². The quantitative estimate of drug-likeness (QED) is 0.116. The van der Waals surface area contributed by atoms with Crippen LogP contribution in [-0.2, 0) is 19.2 Å². The second-order valence-electron chi connectivity index (χ2n) is 13.8. The van der Waals surface area contributed by atoms with Crippen LogP contribution in [0.15, 0.2) is 82.6 Å². The van der Waals surface area contributed by atoms with Crippen molar-refractivity contribution in [2.24, 2.45) is 0 Å². The maximum absolute atomic E-state index is 13.3. The van der Waals surface area contributed by atoms with Crippen LogP contribution in [0.3, 0.4) is 0 Å². The summed E-state index contributed by atoms with van der Waals surface area (Å²) in [5.41, 5.74) is 3.37. The fourth-order valence-corrected chi connectivity index (χ4v) is 9.12. The molecule has 0 unspecified atom stereocenters. The third-order valence-electron chi connectivity index (χ3n) is 10.3. The molecule has 2 heterocycles. The van der Waals surface area contributed by atoms with Gasteiger partial charge in [-0.15, -0.1) is 0 Å². The van der Waals surface area contributed by atoms with Gasteiger partial charge in [-0.2, -0.15) is 0 Å². The first-order chi connectivity index (χ1) is 28.3. The van der Waals surface area contributed by atoms with Crippen LogP contribution in [0, 0.1) is 0 Å². The minimum absolute atomic E-state index is 0.0393. The van der Waals surface area contributed by atoms with Crippen LogP contribution in [0.25, 0.3) is 34.4 Å². The number of nitrogens with zero attached hydrogens (tertiary/aromatic N) is 4. The second kappa shape index (κ2) is 19.4. The Morgan fingerprint density at radius 3 is 1.22 bits per heavy atom. The van der Waals surface area contributed by atoms with Crippen molar-refractivity contribution in [1.29, 1.82) is 0 Å². The van der Waals surface area contributed by atoms with Crippen LogP contribution in [-0.4, -0.2) is 108 Å². The van der Waals surface area contributed by atoms with Crippen molar-refractivity contribution < 1.29 is 28.8 Å².